The van der Waals surface area contributed by atoms with E-state index in [2.05, 4.69) is 36.0 Å². The van der Waals surface area contributed by atoms with Crippen LogP contribution in [-0.2, 0) is 6.54 Å². The van der Waals surface area contributed by atoms with Crippen molar-refractivity contribution in [1.29, 1.82) is 0 Å². The van der Waals surface area contributed by atoms with Crippen molar-refractivity contribution in [1.82, 2.24) is 4.90 Å². The van der Waals surface area contributed by atoms with E-state index in [-0.39, 0.29) is 0 Å². The van der Waals surface area contributed by atoms with Gasteiger partial charge in [-0.25, -0.2) is 0 Å². The van der Waals surface area contributed by atoms with Gasteiger partial charge >= 0.3 is 0 Å². The van der Waals surface area contributed by atoms with Gasteiger partial charge in [0.25, 0.3) is 0 Å². The molecule has 0 spiro atoms. The van der Waals surface area contributed by atoms with Crippen LogP contribution in [-0.4, -0.2) is 45.2 Å². The summed E-state index contributed by atoms with van der Waals surface area (Å²) in [6.45, 7) is 2.89. The van der Waals surface area contributed by atoms with Gasteiger partial charge in [-0.05, 0) is 44.6 Å². The number of benzene rings is 1. The monoisotopic (exact) mass is 263 g/mol. The fourth-order valence-corrected chi connectivity index (χ4v) is 2.75. The van der Waals surface area contributed by atoms with Crippen LogP contribution in [0.4, 0.5) is 5.69 Å². The zero-order valence-electron chi connectivity index (χ0n) is 12.2. The molecule has 1 aliphatic rings. The molecule has 0 aliphatic carbocycles. The van der Waals surface area contributed by atoms with Gasteiger partial charge in [-0.1, -0.05) is 6.07 Å². The van der Waals surface area contributed by atoms with E-state index in [4.69, 9.17) is 10.5 Å². The number of ether oxygens (including phenoxy) is 1. The fraction of sp³-hybridized carbons (Fsp3) is 0.600. The molecule has 4 nitrogen and oxygen atoms in total. The quantitative estimate of drug-likeness (QED) is 0.897. The molecule has 0 saturated carbocycles. The molecule has 0 radical (unpaired) electrons. The highest BCUT2D eigenvalue weighted by atomic mass is 16.5. The van der Waals surface area contributed by atoms with Gasteiger partial charge < -0.3 is 20.3 Å². The molecule has 4 heteroatoms. The summed E-state index contributed by atoms with van der Waals surface area (Å²) in [5, 5.41) is 0. The van der Waals surface area contributed by atoms with E-state index in [0.717, 1.165) is 18.8 Å². The first-order valence-electron chi connectivity index (χ1n) is 6.94. The number of nitrogens with two attached hydrogens (primary N) is 1. The van der Waals surface area contributed by atoms with Crippen molar-refractivity contribution in [2.75, 3.05) is 39.2 Å². The van der Waals surface area contributed by atoms with Gasteiger partial charge in [-0.3, -0.25) is 0 Å². The van der Waals surface area contributed by atoms with Crippen LogP contribution in [0, 0.1) is 0 Å². The standard InChI is InChI=1S/C15H25N3O/c1-17-8-6-13(7-9-17)18(2)15-10-14(19-3)5-4-12(15)11-16/h4-5,10,13H,6-9,11,16H2,1-3H3. The molecule has 1 aromatic rings. The molecule has 2 rings (SSSR count). The Balaban J connectivity index is 2.19. The lowest BCUT2D eigenvalue weighted by Gasteiger charge is -2.37. The molecule has 1 aliphatic heterocycles. The Labute approximate surface area is 116 Å². The summed E-state index contributed by atoms with van der Waals surface area (Å²) in [4.78, 5) is 4.76. The Kier molecular flexibility index (Phi) is 4.66. The first-order valence-corrected chi connectivity index (χ1v) is 6.94. The van der Waals surface area contributed by atoms with E-state index < -0.39 is 0 Å². The predicted molar refractivity (Wildman–Crippen MR) is 79.8 cm³/mol. The van der Waals surface area contributed by atoms with Crippen LogP contribution in [0.25, 0.3) is 0 Å². The Morgan fingerprint density at radius 3 is 2.63 bits per heavy atom. The number of methoxy groups -OCH3 is 1. The second-order valence-electron chi connectivity index (χ2n) is 5.34. The van der Waals surface area contributed by atoms with E-state index in [9.17, 15) is 0 Å². The molecular formula is C15H25N3O. The third-order valence-electron chi connectivity index (χ3n) is 4.13. The minimum atomic E-state index is 0.566. The third kappa shape index (κ3) is 3.19. The minimum Gasteiger partial charge on any atom is -0.497 e. The fourth-order valence-electron chi connectivity index (χ4n) is 2.75. The Morgan fingerprint density at radius 1 is 1.37 bits per heavy atom. The number of nitrogens with zero attached hydrogens (tertiary/aromatic N) is 2. The number of piperidine rings is 1. The summed E-state index contributed by atoms with van der Waals surface area (Å²) in [7, 11) is 6.06. The molecule has 0 bridgehead atoms. The lowest BCUT2D eigenvalue weighted by Crippen LogP contribution is -2.42. The van der Waals surface area contributed by atoms with Crippen LogP contribution in [0.15, 0.2) is 18.2 Å². The van der Waals surface area contributed by atoms with Gasteiger partial charge in [-0.15, -0.1) is 0 Å². The number of rotatable bonds is 4. The first kappa shape index (κ1) is 14.2. The summed E-state index contributed by atoms with van der Waals surface area (Å²) in [5.74, 6) is 0.895. The lowest BCUT2D eigenvalue weighted by atomic mass is 10.0. The minimum absolute atomic E-state index is 0.566. The van der Waals surface area contributed by atoms with Gasteiger partial charge in [0.15, 0.2) is 0 Å². The summed E-state index contributed by atoms with van der Waals surface area (Å²) < 4.78 is 5.33. The van der Waals surface area contributed by atoms with E-state index in [0.29, 0.717) is 12.6 Å². The molecule has 1 fully saturated rings. The molecule has 0 unspecified atom stereocenters. The van der Waals surface area contributed by atoms with Crippen molar-refractivity contribution >= 4 is 5.69 Å². The molecule has 0 aromatic heterocycles. The molecule has 0 amide bonds. The first-order chi connectivity index (χ1) is 9.15. The second kappa shape index (κ2) is 6.26. The number of hydrogen-bond donors (Lipinski definition) is 1. The van der Waals surface area contributed by atoms with Crippen LogP contribution in [0.2, 0.25) is 0 Å². The number of likely N-dealkylation sites (tertiary alicyclic amines) is 1. The van der Waals surface area contributed by atoms with Gasteiger partial charge in [0.2, 0.25) is 0 Å². The smallest absolute Gasteiger partial charge is 0.120 e. The number of anilines is 1. The van der Waals surface area contributed by atoms with Gasteiger partial charge in [0, 0.05) is 31.4 Å². The lowest BCUT2D eigenvalue weighted by molar-refractivity contribution is 0.252. The van der Waals surface area contributed by atoms with Crippen LogP contribution in [0.5, 0.6) is 5.75 Å². The summed E-state index contributed by atoms with van der Waals surface area (Å²) in [5.41, 5.74) is 8.24. The summed E-state index contributed by atoms with van der Waals surface area (Å²) >= 11 is 0. The molecule has 19 heavy (non-hydrogen) atoms. The van der Waals surface area contributed by atoms with E-state index >= 15 is 0 Å². The van der Waals surface area contributed by atoms with Gasteiger partial charge in [-0.2, -0.15) is 0 Å². The highest BCUT2D eigenvalue weighted by Gasteiger charge is 2.22. The van der Waals surface area contributed by atoms with Crippen LogP contribution in [0.3, 0.4) is 0 Å². The molecule has 106 valence electrons. The average Bonchev–Trinajstić information content (AvgIpc) is 2.46. The van der Waals surface area contributed by atoms with Crippen molar-refractivity contribution in [2.24, 2.45) is 5.73 Å². The average molecular weight is 263 g/mol. The second-order valence-corrected chi connectivity index (χ2v) is 5.34. The van der Waals surface area contributed by atoms with Crippen LogP contribution in [0.1, 0.15) is 18.4 Å². The molecular weight excluding hydrogens is 238 g/mol. The van der Waals surface area contributed by atoms with E-state index in [1.165, 1.54) is 24.1 Å². The van der Waals surface area contributed by atoms with Crippen molar-refractivity contribution in [3.05, 3.63) is 23.8 Å². The topological polar surface area (TPSA) is 41.7 Å². The van der Waals surface area contributed by atoms with Gasteiger partial charge in [0.05, 0.1) is 7.11 Å². The van der Waals surface area contributed by atoms with Crippen molar-refractivity contribution in [3.8, 4) is 5.75 Å². The molecule has 2 N–H and O–H groups in total. The highest BCUT2D eigenvalue weighted by molar-refractivity contribution is 5.57. The maximum atomic E-state index is 5.86. The van der Waals surface area contributed by atoms with Crippen molar-refractivity contribution < 1.29 is 4.74 Å². The maximum Gasteiger partial charge on any atom is 0.120 e. The Bertz CT molecular complexity index is 414. The Morgan fingerprint density at radius 2 is 2.05 bits per heavy atom. The van der Waals surface area contributed by atoms with Crippen molar-refractivity contribution in [3.63, 3.8) is 0 Å². The summed E-state index contributed by atoms with van der Waals surface area (Å²) in [6, 6.07) is 6.74. The predicted octanol–water partition coefficient (Wildman–Crippen LogP) is 1.68. The van der Waals surface area contributed by atoms with E-state index in [1.54, 1.807) is 7.11 Å². The van der Waals surface area contributed by atoms with E-state index in [1.807, 2.05) is 6.07 Å². The third-order valence-corrected chi connectivity index (χ3v) is 4.13. The normalized spacial score (nSPS) is 17.5. The zero-order chi connectivity index (χ0) is 13.8. The largest absolute Gasteiger partial charge is 0.497 e. The number of hydrogen-bond acceptors (Lipinski definition) is 4. The zero-order valence-corrected chi connectivity index (χ0v) is 12.2. The molecule has 1 saturated heterocycles. The molecule has 0 atom stereocenters. The Hall–Kier alpha value is -1.26. The van der Waals surface area contributed by atoms with Crippen molar-refractivity contribution in [2.45, 2.75) is 25.4 Å². The SMILES string of the molecule is COc1ccc(CN)c(N(C)C2CCN(C)CC2)c1. The maximum absolute atomic E-state index is 5.86. The van der Waals surface area contributed by atoms with Crippen LogP contribution < -0.4 is 15.4 Å². The highest BCUT2D eigenvalue weighted by Crippen LogP contribution is 2.29. The summed E-state index contributed by atoms with van der Waals surface area (Å²) in [6.07, 6.45) is 2.41. The molecule has 1 heterocycles. The molecule has 1 aromatic carbocycles. The van der Waals surface area contributed by atoms with Gasteiger partial charge in [0.1, 0.15) is 5.75 Å². The van der Waals surface area contributed by atoms with Crippen LogP contribution >= 0.6 is 0 Å².